The van der Waals surface area contributed by atoms with Crippen molar-refractivity contribution in [1.82, 2.24) is 4.98 Å². The molecule has 36 heavy (non-hydrogen) atoms. The van der Waals surface area contributed by atoms with Gasteiger partial charge in [0.15, 0.2) is 0 Å². The zero-order valence-corrected chi connectivity index (χ0v) is 20.0. The molecule has 9 nitrogen and oxygen atoms in total. The number of methoxy groups -OCH3 is 1. The van der Waals surface area contributed by atoms with Gasteiger partial charge in [0.25, 0.3) is 0 Å². The number of anilines is 3. The number of ether oxygens (including phenoxy) is 2. The molecule has 1 aromatic heterocycles. The van der Waals surface area contributed by atoms with Crippen LogP contribution in [-0.2, 0) is 25.7 Å². The number of hydrogen-bond donors (Lipinski definition) is 1. The zero-order chi connectivity index (χ0) is 25.3. The lowest BCUT2D eigenvalue weighted by Gasteiger charge is -2.36. The van der Waals surface area contributed by atoms with Gasteiger partial charge in [-0.3, -0.25) is 19.3 Å². The van der Waals surface area contributed by atoms with Crippen molar-refractivity contribution in [2.75, 3.05) is 35.3 Å². The van der Waals surface area contributed by atoms with Crippen molar-refractivity contribution in [3.05, 3.63) is 78.5 Å². The molecule has 0 bridgehead atoms. The summed E-state index contributed by atoms with van der Waals surface area (Å²) in [6, 6.07) is 20.7. The third-order valence-electron chi connectivity index (χ3n) is 5.79. The topological polar surface area (TPSA) is 101 Å². The predicted octanol–water partition coefficient (Wildman–Crippen LogP) is 3.40. The van der Waals surface area contributed by atoms with Crippen LogP contribution in [0.15, 0.2) is 72.9 Å². The summed E-state index contributed by atoms with van der Waals surface area (Å²) in [5, 5.41) is 2.90. The van der Waals surface area contributed by atoms with E-state index in [1.54, 1.807) is 36.5 Å². The van der Waals surface area contributed by atoms with Gasteiger partial charge in [-0.25, -0.2) is 4.98 Å². The van der Waals surface area contributed by atoms with Gasteiger partial charge in [0, 0.05) is 31.4 Å². The second kappa shape index (κ2) is 11.8. The molecule has 3 aromatic rings. The Balaban J connectivity index is 1.46. The molecule has 0 saturated carbocycles. The smallest absolute Gasteiger partial charge is 0.309 e. The van der Waals surface area contributed by atoms with Crippen LogP contribution >= 0.6 is 0 Å². The fourth-order valence-electron chi connectivity index (χ4n) is 4.02. The Labute approximate surface area is 209 Å². The Morgan fingerprint density at radius 2 is 1.97 bits per heavy atom. The van der Waals surface area contributed by atoms with E-state index in [0.717, 1.165) is 11.3 Å². The molecule has 0 saturated heterocycles. The summed E-state index contributed by atoms with van der Waals surface area (Å²) in [7, 11) is 1.36. The molecule has 0 fully saturated rings. The van der Waals surface area contributed by atoms with Crippen molar-refractivity contribution in [2.24, 2.45) is 0 Å². The first-order chi connectivity index (χ1) is 17.6. The lowest BCUT2D eigenvalue weighted by atomic mass is 10.1. The summed E-state index contributed by atoms with van der Waals surface area (Å²) in [4.78, 5) is 43.6. The number of benzene rings is 2. The average molecular weight is 489 g/mol. The highest BCUT2D eigenvalue weighted by Crippen LogP contribution is 2.37. The van der Waals surface area contributed by atoms with E-state index in [1.165, 1.54) is 12.0 Å². The Hall–Kier alpha value is -4.40. The standard InChI is InChI=1S/C27H28N4O5/c1-35-27(34)16-22-18-31(17-20-7-3-2-4-8-20)23-15-21(10-11-24(23)36-22)29-26(33)12-14-30(19-32)25-9-5-6-13-28-25/h2-11,13,15,19,22H,12,14,16-18H2,1H3,(H,29,33). The fourth-order valence-corrected chi connectivity index (χ4v) is 4.02. The Kier molecular flexibility index (Phi) is 8.12. The Morgan fingerprint density at radius 1 is 1.17 bits per heavy atom. The van der Waals surface area contributed by atoms with Crippen molar-refractivity contribution >= 4 is 35.5 Å². The summed E-state index contributed by atoms with van der Waals surface area (Å²) in [5.41, 5.74) is 2.54. The van der Waals surface area contributed by atoms with Crippen molar-refractivity contribution in [3.8, 4) is 5.75 Å². The number of pyridine rings is 1. The summed E-state index contributed by atoms with van der Waals surface area (Å²) < 4.78 is 10.9. The number of carbonyl (C=O) groups is 3. The molecule has 1 aliphatic rings. The van der Waals surface area contributed by atoms with E-state index in [1.807, 2.05) is 36.4 Å². The number of amides is 2. The van der Waals surface area contributed by atoms with E-state index in [4.69, 9.17) is 9.47 Å². The molecule has 0 radical (unpaired) electrons. The average Bonchev–Trinajstić information content (AvgIpc) is 2.90. The monoisotopic (exact) mass is 488 g/mol. The molecule has 2 heterocycles. The minimum Gasteiger partial charge on any atom is -0.486 e. The van der Waals surface area contributed by atoms with Crippen LogP contribution in [0.3, 0.4) is 0 Å². The van der Waals surface area contributed by atoms with Crippen LogP contribution in [0.1, 0.15) is 18.4 Å². The van der Waals surface area contributed by atoms with E-state index >= 15 is 0 Å². The van der Waals surface area contributed by atoms with E-state index in [9.17, 15) is 14.4 Å². The first-order valence-corrected chi connectivity index (χ1v) is 11.6. The largest absolute Gasteiger partial charge is 0.486 e. The molecule has 1 N–H and O–H groups in total. The molecular weight excluding hydrogens is 460 g/mol. The van der Waals surface area contributed by atoms with Gasteiger partial charge in [-0.15, -0.1) is 0 Å². The number of carbonyl (C=O) groups excluding carboxylic acids is 3. The zero-order valence-electron chi connectivity index (χ0n) is 20.0. The highest BCUT2D eigenvalue weighted by Gasteiger charge is 2.28. The van der Waals surface area contributed by atoms with Crippen molar-refractivity contribution in [3.63, 3.8) is 0 Å². The number of nitrogens with zero attached hydrogens (tertiary/aromatic N) is 3. The summed E-state index contributed by atoms with van der Waals surface area (Å²) >= 11 is 0. The second-order valence-corrected chi connectivity index (χ2v) is 8.35. The lowest BCUT2D eigenvalue weighted by molar-refractivity contribution is -0.142. The number of hydrogen-bond acceptors (Lipinski definition) is 7. The van der Waals surface area contributed by atoms with Gasteiger partial charge in [-0.1, -0.05) is 36.4 Å². The molecule has 4 rings (SSSR count). The second-order valence-electron chi connectivity index (χ2n) is 8.35. The maximum absolute atomic E-state index is 12.6. The Morgan fingerprint density at radius 3 is 2.69 bits per heavy atom. The highest BCUT2D eigenvalue weighted by atomic mass is 16.5. The fraction of sp³-hybridized carbons (Fsp3) is 0.259. The summed E-state index contributed by atoms with van der Waals surface area (Å²) in [6.45, 7) is 1.31. The van der Waals surface area contributed by atoms with E-state index < -0.39 is 0 Å². The quantitative estimate of drug-likeness (QED) is 0.345. The molecule has 2 amide bonds. The van der Waals surface area contributed by atoms with Gasteiger partial charge < -0.3 is 19.7 Å². The Bertz CT molecular complexity index is 1190. The third-order valence-corrected chi connectivity index (χ3v) is 5.79. The van der Waals surface area contributed by atoms with Crippen LogP contribution in [0, 0.1) is 0 Å². The number of esters is 1. The molecule has 1 aliphatic heterocycles. The lowest BCUT2D eigenvalue weighted by Crippen LogP contribution is -2.41. The van der Waals surface area contributed by atoms with E-state index in [2.05, 4.69) is 15.2 Å². The van der Waals surface area contributed by atoms with Gasteiger partial charge in [-0.05, 0) is 35.9 Å². The van der Waals surface area contributed by atoms with Crippen LogP contribution in [0.4, 0.5) is 17.2 Å². The first-order valence-electron chi connectivity index (χ1n) is 11.6. The van der Waals surface area contributed by atoms with Crippen LogP contribution in [-0.4, -0.2) is 49.6 Å². The molecular formula is C27H28N4O5. The van der Waals surface area contributed by atoms with Gasteiger partial charge in [-0.2, -0.15) is 0 Å². The van der Waals surface area contributed by atoms with Gasteiger partial charge in [0.1, 0.15) is 17.7 Å². The molecule has 2 aromatic carbocycles. The maximum Gasteiger partial charge on any atom is 0.309 e. The highest BCUT2D eigenvalue weighted by molar-refractivity contribution is 5.92. The van der Waals surface area contributed by atoms with Crippen molar-refractivity contribution < 1.29 is 23.9 Å². The van der Waals surface area contributed by atoms with Crippen molar-refractivity contribution in [1.29, 1.82) is 0 Å². The van der Waals surface area contributed by atoms with Crippen LogP contribution in [0.2, 0.25) is 0 Å². The molecule has 0 aliphatic carbocycles. The van der Waals surface area contributed by atoms with Crippen LogP contribution in [0.25, 0.3) is 0 Å². The molecule has 186 valence electrons. The molecule has 0 spiro atoms. The molecule has 1 unspecified atom stereocenters. The number of aromatic nitrogens is 1. The predicted molar refractivity (Wildman–Crippen MR) is 136 cm³/mol. The van der Waals surface area contributed by atoms with Gasteiger partial charge >= 0.3 is 5.97 Å². The first kappa shape index (κ1) is 24.7. The van der Waals surface area contributed by atoms with Gasteiger partial charge in [0.2, 0.25) is 12.3 Å². The number of nitrogens with one attached hydrogen (secondary N) is 1. The summed E-state index contributed by atoms with van der Waals surface area (Å²) in [6.07, 6.45) is 2.16. The van der Waals surface area contributed by atoms with Crippen LogP contribution < -0.4 is 19.9 Å². The van der Waals surface area contributed by atoms with Crippen LogP contribution in [0.5, 0.6) is 5.75 Å². The summed E-state index contributed by atoms with van der Waals surface area (Å²) in [5.74, 6) is 0.561. The molecule has 1 atom stereocenters. The minimum absolute atomic E-state index is 0.109. The van der Waals surface area contributed by atoms with E-state index in [0.29, 0.717) is 36.8 Å². The SMILES string of the molecule is COC(=O)CC1CN(Cc2ccccc2)c2cc(NC(=O)CCN(C=O)c3ccccn3)ccc2O1. The minimum atomic E-state index is -0.352. The third kappa shape index (κ3) is 6.38. The van der Waals surface area contributed by atoms with Crippen molar-refractivity contribution in [2.45, 2.75) is 25.5 Å². The number of fused-ring (bicyclic) bond motifs is 1. The van der Waals surface area contributed by atoms with E-state index in [-0.39, 0.29) is 37.4 Å². The maximum atomic E-state index is 12.6. The van der Waals surface area contributed by atoms with Gasteiger partial charge in [0.05, 0.1) is 25.8 Å². The normalized spacial score (nSPS) is 14.2. The number of rotatable bonds is 10. The molecule has 9 heteroatoms.